The SMILES string of the molecule is Nc1ncc(C#Cc2ccccc2)nc1C#Cc1ccccc1. The molecule has 1 aromatic heterocycles. The van der Waals surface area contributed by atoms with Crippen molar-refractivity contribution in [3.05, 3.63) is 89.4 Å². The second kappa shape index (κ2) is 6.93. The highest BCUT2D eigenvalue weighted by atomic mass is 14.9. The average molecular weight is 295 g/mol. The first-order valence-electron chi connectivity index (χ1n) is 7.08. The lowest BCUT2D eigenvalue weighted by atomic mass is 10.2. The second-order valence-electron chi connectivity index (χ2n) is 4.72. The van der Waals surface area contributed by atoms with Crippen molar-refractivity contribution in [1.29, 1.82) is 0 Å². The Labute approximate surface area is 135 Å². The Morgan fingerprint density at radius 2 is 1.26 bits per heavy atom. The Kier molecular flexibility index (Phi) is 4.34. The van der Waals surface area contributed by atoms with Crippen LogP contribution >= 0.6 is 0 Å². The van der Waals surface area contributed by atoms with Gasteiger partial charge < -0.3 is 5.73 Å². The van der Waals surface area contributed by atoms with Crippen molar-refractivity contribution in [2.24, 2.45) is 0 Å². The van der Waals surface area contributed by atoms with Crippen molar-refractivity contribution in [1.82, 2.24) is 9.97 Å². The zero-order valence-corrected chi connectivity index (χ0v) is 12.3. The minimum absolute atomic E-state index is 0.304. The van der Waals surface area contributed by atoms with Gasteiger partial charge in [-0.15, -0.1) is 0 Å². The predicted molar refractivity (Wildman–Crippen MR) is 91.3 cm³/mol. The molecular formula is C20H13N3. The van der Waals surface area contributed by atoms with Crippen LogP contribution in [-0.4, -0.2) is 9.97 Å². The van der Waals surface area contributed by atoms with Crippen LogP contribution in [0.4, 0.5) is 5.82 Å². The van der Waals surface area contributed by atoms with Gasteiger partial charge in [0.25, 0.3) is 0 Å². The number of anilines is 1. The predicted octanol–water partition coefficient (Wildman–Crippen LogP) is 2.86. The van der Waals surface area contributed by atoms with Crippen molar-refractivity contribution in [3.63, 3.8) is 0 Å². The van der Waals surface area contributed by atoms with Gasteiger partial charge in [-0.2, -0.15) is 0 Å². The summed E-state index contributed by atoms with van der Waals surface area (Å²) in [7, 11) is 0. The van der Waals surface area contributed by atoms with Gasteiger partial charge in [0.05, 0.1) is 6.20 Å². The van der Waals surface area contributed by atoms with Crippen LogP contribution in [0, 0.1) is 23.7 Å². The average Bonchev–Trinajstić information content (AvgIpc) is 2.62. The van der Waals surface area contributed by atoms with Crippen LogP contribution < -0.4 is 5.73 Å². The lowest BCUT2D eigenvalue weighted by molar-refractivity contribution is 1.16. The van der Waals surface area contributed by atoms with Crippen molar-refractivity contribution in [3.8, 4) is 23.7 Å². The summed E-state index contributed by atoms with van der Waals surface area (Å²) < 4.78 is 0. The molecule has 0 aliphatic carbocycles. The Balaban J connectivity index is 1.89. The van der Waals surface area contributed by atoms with Gasteiger partial charge in [0.15, 0.2) is 11.5 Å². The lowest BCUT2D eigenvalue weighted by Crippen LogP contribution is -1.99. The zero-order chi connectivity index (χ0) is 15.9. The first-order valence-corrected chi connectivity index (χ1v) is 7.08. The summed E-state index contributed by atoms with van der Waals surface area (Å²) in [6.45, 7) is 0. The van der Waals surface area contributed by atoms with Crippen LogP contribution in [0.15, 0.2) is 66.9 Å². The summed E-state index contributed by atoms with van der Waals surface area (Å²) in [4.78, 5) is 8.48. The molecule has 0 saturated carbocycles. The first kappa shape index (κ1) is 14.4. The first-order chi connectivity index (χ1) is 11.3. The van der Waals surface area contributed by atoms with Crippen LogP contribution in [0.5, 0.6) is 0 Å². The van der Waals surface area contributed by atoms with Gasteiger partial charge >= 0.3 is 0 Å². The molecule has 3 heteroatoms. The molecule has 1 heterocycles. The molecule has 0 radical (unpaired) electrons. The van der Waals surface area contributed by atoms with Crippen molar-refractivity contribution in [2.75, 3.05) is 5.73 Å². The Morgan fingerprint density at radius 1 is 0.696 bits per heavy atom. The number of nitrogens with two attached hydrogens (primary N) is 1. The fourth-order valence-electron chi connectivity index (χ4n) is 1.86. The Bertz CT molecular complexity index is 925. The topological polar surface area (TPSA) is 51.8 Å². The number of nitrogen functional groups attached to an aromatic ring is 1. The van der Waals surface area contributed by atoms with E-state index in [0.29, 0.717) is 17.2 Å². The van der Waals surface area contributed by atoms with E-state index in [1.165, 1.54) is 0 Å². The maximum atomic E-state index is 5.84. The van der Waals surface area contributed by atoms with Gasteiger partial charge in [-0.25, -0.2) is 9.97 Å². The van der Waals surface area contributed by atoms with E-state index < -0.39 is 0 Å². The fraction of sp³-hybridized carbons (Fsp3) is 0. The van der Waals surface area contributed by atoms with E-state index in [4.69, 9.17) is 5.73 Å². The van der Waals surface area contributed by atoms with Crippen molar-refractivity contribution >= 4 is 5.82 Å². The smallest absolute Gasteiger partial charge is 0.158 e. The molecule has 108 valence electrons. The number of hydrogen-bond acceptors (Lipinski definition) is 3. The van der Waals surface area contributed by atoms with Crippen LogP contribution in [0.2, 0.25) is 0 Å². The molecular weight excluding hydrogens is 282 g/mol. The summed E-state index contributed by atoms with van der Waals surface area (Å²) in [5.74, 6) is 12.3. The van der Waals surface area contributed by atoms with Crippen molar-refractivity contribution < 1.29 is 0 Å². The molecule has 0 aliphatic rings. The summed E-state index contributed by atoms with van der Waals surface area (Å²) in [5, 5.41) is 0. The molecule has 23 heavy (non-hydrogen) atoms. The molecule has 3 rings (SSSR count). The molecule has 0 amide bonds. The van der Waals surface area contributed by atoms with E-state index in [2.05, 4.69) is 33.6 Å². The monoisotopic (exact) mass is 295 g/mol. The zero-order valence-electron chi connectivity index (χ0n) is 12.3. The van der Waals surface area contributed by atoms with Gasteiger partial charge in [0, 0.05) is 11.1 Å². The van der Waals surface area contributed by atoms with Gasteiger partial charge in [0.1, 0.15) is 5.69 Å². The van der Waals surface area contributed by atoms with Gasteiger partial charge in [-0.3, -0.25) is 0 Å². The number of hydrogen-bond donors (Lipinski definition) is 1. The van der Waals surface area contributed by atoms with E-state index in [0.717, 1.165) is 11.1 Å². The van der Waals surface area contributed by atoms with Crippen molar-refractivity contribution in [2.45, 2.75) is 0 Å². The van der Waals surface area contributed by atoms with Crippen LogP contribution in [0.25, 0.3) is 0 Å². The summed E-state index contributed by atoms with van der Waals surface area (Å²) in [6.07, 6.45) is 1.55. The molecule has 3 nitrogen and oxygen atoms in total. The van der Waals surface area contributed by atoms with E-state index in [1.807, 2.05) is 60.7 Å². The van der Waals surface area contributed by atoms with E-state index >= 15 is 0 Å². The third-order valence-corrected chi connectivity index (χ3v) is 3.01. The number of benzene rings is 2. The Morgan fingerprint density at radius 3 is 1.87 bits per heavy atom. The van der Waals surface area contributed by atoms with E-state index in [1.54, 1.807) is 6.20 Å². The van der Waals surface area contributed by atoms with Gasteiger partial charge in [-0.1, -0.05) is 48.2 Å². The highest BCUT2D eigenvalue weighted by Crippen LogP contribution is 2.05. The molecule has 0 spiro atoms. The molecule has 0 saturated heterocycles. The largest absolute Gasteiger partial charge is 0.381 e. The van der Waals surface area contributed by atoms with Crippen LogP contribution in [-0.2, 0) is 0 Å². The maximum absolute atomic E-state index is 5.84. The van der Waals surface area contributed by atoms with Crippen LogP contribution in [0.3, 0.4) is 0 Å². The molecule has 0 fully saturated rings. The summed E-state index contributed by atoms with van der Waals surface area (Å²) in [5.41, 5.74) is 8.63. The minimum Gasteiger partial charge on any atom is -0.381 e. The third-order valence-electron chi connectivity index (χ3n) is 3.01. The molecule has 2 aromatic carbocycles. The quantitative estimate of drug-likeness (QED) is 0.649. The molecule has 0 atom stereocenters. The lowest BCUT2D eigenvalue weighted by Gasteiger charge is -1.97. The fourth-order valence-corrected chi connectivity index (χ4v) is 1.86. The van der Waals surface area contributed by atoms with E-state index in [9.17, 15) is 0 Å². The van der Waals surface area contributed by atoms with Crippen LogP contribution in [0.1, 0.15) is 22.5 Å². The normalized spacial score (nSPS) is 9.22. The molecule has 2 N–H and O–H groups in total. The second-order valence-corrected chi connectivity index (χ2v) is 4.72. The Hall–Kier alpha value is -3.56. The minimum atomic E-state index is 0.304. The molecule has 0 unspecified atom stereocenters. The standard InChI is InChI=1S/C20H13N3/c21-20-19(14-12-17-9-5-2-6-10-17)23-18(15-22-20)13-11-16-7-3-1-4-8-16/h1-10,15H,(H2,21,22). The number of rotatable bonds is 0. The number of aromatic nitrogens is 2. The maximum Gasteiger partial charge on any atom is 0.158 e. The number of nitrogens with zero attached hydrogens (tertiary/aromatic N) is 2. The third kappa shape index (κ3) is 3.97. The highest BCUT2D eigenvalue weighted by Gasteiger charge is 2.00. The molecule has 3 aromatic rings. The summed E-state index contributed by atoms with van der Waals surface area (Å²) in [6, 6.07) is 19.4. The summed E-state index contributed by atoms with van der Waals surface area (Å²) >= 11 is 0. The van der Waals surface area contributed by atoms with Gasteiger partial charge in [0.2, 0.25) is 0 Å². The molecule has 0 bridgehead atoms. The van der Waals surface area contributed by atoms with E-state index in [-0.39, 0.29) is 0 Å². The highest BCUT2D eigenvalue weighted by molar-refractivity contribution is 5.51. The molecule has 0 aliphatic heterocycles. The van der Waals surface area contributed by atoms with Gasteiger partial charge in [-0.05, 0) is 36.1 Å².